The number of aromatic amines is 1. The first-order valence-electron chi connectivity index (χ1n) is 12.1. The standard InChI is InChI=1S/C23H30F2N8O3/c1-13(2)27-23(34)36-16-4-3-14(7-16)18-8-19(31-30-18)29-22-26-6-5-20-28-15(10-33(20)22)9-32-11-17(12-32)35-21(24)25/h5-6,8,10,13-14,16-17,21H,3-4,7,9,11-12H2,1-2H3,(H,27,34)(H2,26,29,30,31)/t14-,16+/m0/s1. The summed E-state index contributed by atoms with van der Waals surface area (Å²) in [6.07, 6.45) is 5.07. The van der Waals surface area contributed by atoms with Gasteiger partial charge < -0.3 is 20.1 Å². The van der Waals surface area contributed by atoms with Crippen molar-refractivity contribution in [3.8, 4) is 0 Å². The number of halogens is 2. The molecular weight excluding hydrogens is 474 g/mol. The normalized spacial score (nSPS) is 20.8. The van der Waals surface area contributed by atoms with Gasteiger partial charge in [-0.05, 0) is 39.2 Å². The largest absolute Gasteiger partial charge is 0.446 e. The van der Waals surface area contributed by atoms with Crippen LogP contribution >= 0.6 is 0 Å². The number of amides is 1. The van der Waals surface area contributed by atoms with Crippen molar-refractivity contribution in [2.75, 3.05) is 18.4 Å². The van der Waals surface area contributed by atoms with Gasteiger partial charge in [0.15, 0.2) is 5.82 Å². The number of hydrogen-bond donors (Lipinski definition) is 3. The molecule has 0 unspecified atom stereocenters. The maximum Gasteiger partial charge on any atom is 0.407 e. The molecule has 1 saturated carbocycles. The van der Waals surface area contributed by atoms with Crippen LogP contribution in [0.15, 0.2) is 24.5 Å². The zero-order valence-electron chi connectivity index (χ0n) is 20.2. The highest BCUT2D eigenvalue weighted by atomic mass is 19.3. The number of aromatic nitrogens is 5. The number of carbonyl (C=O) groups is 1. The van der Waals surface area contributed by atoms with Gasteiger partial charge in [-0.3, -0.25) is 14.4 Å². The number of anilines is 2. The summed E-state index contributed by atoms with van der Waals surface area (Å²) in [4.78, 5) is 22.9. The van der Waals surface area contributed by atoms with Crippen LogP contribution < -0.4 is 10.6 Å². The number of fused-ring (bicyclic) bond motifs is 1. The molecule has 2 atom stereocenters. The van der Waals surface area contributed by atoms with Crippen molar-refractivity contribution in [2.45, 2.75) is 70.4 Å². The monoisotopic (exact) mass is 504 g/mol. The molecule has 1 saturated heterocycles. The number of H-pyrrole nitrogens is 1. The fraction of sp³-hybridized carbons (Fsp3) is 0.565. The topological polar surface area (TPSA) is 122 Å². The molecule has 2 aliphatic rings. The van der Waals surface area contributed by atoms with E-state index in [1.54, 1.807) is 12.3 Å². The molecule has 36 heavy (non-hydrogen) atoms. The van der Waals surface area contributed by atoms with Crippen LogP contribution in [0.25, 0.3) is 5.65 Å². The molecule has 0 aromatic carbocycles. The van der Waals surface area contributed by atoms with Gasteiger partial charge >= 0.3 is 12.7 Å². The number of nitrogens with one attached hydrogen (secondary N) is 3. The smallest absolute Gasteiger partial charge is 0.407 e. The van der Waals surface area contributed by atoms with E-state index in [4.69, 9.17) is 4.74 Å². The van der Waals surface area contributed by atoms with Gasteiger partial charge in [-0.2, -0.15) is 13.9 Å². The van der Waals surface area contributed by atoms with Crippen LogP contribution in [0.2, 0.25) is 0 Å². The molecule has 194 valence electrons. The second-order valence-corrected chi connectivity index (χ2v) is 9.61. The molecule has 4 heterocycles. The molecule has 2 fully saturated rings. The molecular formula is C23H30F2N8O3. The number of imidazole rings is 1. The van der Waals surface area contributed by atoms with Gasteiger partial charge in [0.1, 0.15) is 11.8 Å². The van der Waals surface area contributed by atoms with E-state index >= 15 is 0 Å². The molecule has 13 heteroatoms. The van der Waals surface area contributed by atoms with Gasteiger partial charge in [0.05, 0.1) is 11.8 Å². The van der Waals surface area contributed by atoms with E-state index in [0.29, 0.717) is 31.4 Å². The molecule has 1 aliphatic carbocycles. The lowest BCUT2D eigenvalue weighted by molar-refractivity contribution is -0.197. The maximum absolute atomic E-state index is 12.3. The van der Waals surface area contributed by atoms with Gasteiger partial charge in [0.25, 0.3) is 0 Å². The van der Waals surface area contributed by atoms with Crippen LogP contribution in [0.1, 0.15) is 50.4 Å². The number of nitrogens with zero attached hydrogens (tertiary/aromatic N) is 5. The van der Waals surface area contributed by atoms with Gasteiger partial charge in [-0.25, -0.2) is 14.8 Å². The molecule has 11 nitrogen and oxygen atoms in total. The second-order valence-electron chi connectivity index (χ2n) is 9.61. The lowest BCUT2D eigenvalue weighted by Gasteiger charge is -2.37. The predicted molar refractivity (Wildman–Crippen MR) is 126 cm³/mol. The molecule has 1 aliphatic heterocycles. The minimum Gasteiger partial charge on any atom is -0.446 e. The Morgan fingerprint density at radius 3 is 2.89 bits per heavy atom. The van der Waals surface area contributed by atoms with E-state index < -0.39 is 12.7 Å². The minimum atomic E-state index is -2.74. The fourth-order valence-electron chi connectivity index (χ4n) is 4.72. The van der Waals surface area contributed by atoms with Gasteiger partial charge in [0, 0.05) is 55.7 Å². The average Bonchev–Trinajstić information content (AvgIpc) is 3.51. The summed E-state index contributed by atoms with van der Waals surface area (Å²) in [5.41, 5.74) is 2.50. The highest BCUT2D eigenvalue weighted by Crippen LogP contribution is 2.36. The zero-order valence-corrected chi connectivity index (χ0v) is 20.2. The molecule has 0 radical (unpaired) electrons. The van der Waals surface area contributed by atoms with Crippen molar-refractivity contribution in [1.82, 2.24) is 34.8 Å². The Kier molecular flexibility index (Phi) is 7.01. The quantitative estimate of drug-likeness (QED) is 0.406. The Hall–Kier alpha value is -3.32. The van der Waals surface area contributed by atoms with Crippen LogP contribution in [-0.4, -0.2) is 73.5 Å². The third kappa shape index (κ3) is 5.73. The van der Waals surface area contributed by atoms with Crippen molar-refractivity contribution in [2.24, 2.45) is 0 Å². The highest BCUT2D eigenvalue weighted by Gasteiger charge is 2.31. The first-order valence-corrected chi connectivity index (χ1v) is 12.1. The maximum atomic E-state index is 12.3. The summed E-state index contributed by atoms with van der Waals surface area (Å²) in [5, 5.41) is 13.5. The molecule has 0 spiro atoms. The third-order valence-corrected chi connectivity index (χ3v) is 6.38. The number of carbonyl (C=O) groups excluding carboxylic acids is 1. The van der Waals surface area contributed by atoms with Crippen LogP contribution in [0.4, 0.5) is 25.3 Å². The van der Waals surface area contributed by atoms with Crippen molar-refractivity contribution in [3.63, 3.8) is 0 Å². The van der Waals surface area contributed by atoms with Gasteiger partial charge in [-0.1, -0.05) is 0 Å². The lowest BCUT2D eigenvalue weighted by Crippen LogP contribution is -2.52. The van der Waals surface area contributed by atoms with E-state index in [1.807, 2.05) is 35.4 Å². The van der Waals surface area contributed by atoms with Crippen molar-refractivity contribution in [3.05, 3.63) is 35.9 Å². The molecule has 1 amide bonds. The molecule has 5 rings (SSSR count). The minimum absolute atomic E-state index is 0.0381. The van der Waals surface area contributed by atoms with E-state index in [0.717, 1.165) is 36.3 Å². The van der Waals surface area contributed by atoms with Crippen molar-refractivity contribution < 1.29 is 23.0 Å². The van der Waals surface area contributed by atoms with Crippen LogP contribution in [0, 0.1) is 0 Å². The fourth-order valence-corrected chi connectivity index (χ4v) is 4.72. The Morgan fingerprint density at radius 1 is 1.28 bits per heavy atom. The highest BCUT2D eigenvalue weighted by molar-refractivity contribution is 5.67. The summed E-state index contributed by atoms with van der Waals surface area (Å²) >= 11 is 0. The molecule has 0 bridgehead atoms. The van der Waals surface area contributed by atoms with E-state index in [2.05, 4.69) is 35.5 Å². The summed E-state index contributed by atoms with van der Waals surface area (Å²) in [7, 11) is 0. The number of alkyl halides is 2. The second kappa shape index (κ2) is 10.3. The van der Waals surface area contributed by atoms with Gasteiger partial charge in [0.2, 0.25) is 5.95 Å². The summed E-state index contributed by atoms with van der Waals surface area (Å²) < 4.78 is 36.5. The Balaban J connectivity index is 1.18. The van der Waals surface area contributed by atoms with Crippen LogP contribution in [-0.2, 0) is 16.0 Å². The first-order chi connectivity index (χ1) is 17.3. The Bertz CT molecular complexity index is 1190. The van der Waals surface area contributed by atoms with Crippen molar-refractivity contribution >= 4 is 23.5 Å². The summed E-state index contributed by atoms with van der Waals surface area (Å²) in [6, 6.07) is 3.79. The first kappa shape index (κ1) is 24.4. The lowest BCUT2D eigenvalue weighted by atomic mass is 10.0. The Labute approximate surface area is 206 Å². The zero-order chi connectivity index (χ0) is 25.2. The Morgan fingerprint density at radius 2 is 2.11 bits per heavy atom. The van der Waals surface area contributed by atoms with E-state index in [9.17, 15) is 13.6 Å². The summed E-state index contributed by atoms with van der Waals surface area (Å²) in [5.74, 6) is 1.41. The molecule has 3 aromatic heterocycles. The number of ether oxygens (including phenoxy) is 2. The average molecular weight is 505 g/mol. The van der Waals surface area contributed by atoms with E-state index in [1.165, 1.54) is 0 Å². The third-order valence-electron chi connectivity index (χ3n) is 6.38. The number of hydrogen-bond acceptors (Lipinski definition) is 8. The van der Waals surface area contributed by atoms with Gasteiger partial charge in [-0.15, -0.1) is 0 Å². The molecule has 3 N–H and O–H groups in total. The van der Waals surface area contributed by atoms with Crippen LogP contribution in [0.5, 0.6) is 0 Å². The predicted octanol–water partition coefficient (Wildman–Crippen LogP) is 3.39. The van der Waals surface area contributed by atoms with Crippen molar-refractivity contribution in [1.29, 1.82) is 0 Å². The SMILES string of the molecule is CC(C)NC(=O)O[C@@H]1CC[C@H](c2cc(Nc3nccc4nc(CN5CC(OC(F)F)C5)cn34)n[nH]2)C1. The number of likely N-dealkylation sites (tertiary alicyclic amines) is 1. The van der Waals surface area contributed by atoms with Crippen LogP contribution in [0.3, 0.4) is 0 Å². The van der Waals surface area contributed by atoms with E-state index in [-0.39, 0.29) is 24.2 Å². The number of alkyl carbamates (subject to hydrolysis) is 1. The number of rotatable bonds is 9. The molecule has 3 aromatic rings. The summed E-state index contributed by atoms with van der Waals surface area (Å²) in [6.45, 7) is 2.49.